The van der Waals surface area contributed by atoms with Crippen molar-refractivity contribution in [1.29, 1.82) is 0 Å². The van der Waals surface area contributed by atoms with Crippen LogP contribution in [0.3, 0.4) is 0 Å². The molecule has 0 bridgehead atoms. The molecule has 0 amide bonds. The fraction of sp³-hybridized carbons (Fsp3) is 0.0588. The van der Waals surface area contributed by atoms with Gasteiger partial charge in [-0.3, -0.25) is 9.55 Å². The third-order valence-corrected chi connectivity index (χ3v) is 3.72. The molecule has 124 valence electrons. The zero-order chi connectivity index (χ0) is 17.4. The molecule has 0 aliphatic carbocycles. The molecule has 8 heteroatoms. The minimum Gasteiger partial charge on any atom is -0.334 e. The molecule has 0 aliphatic rings. The Morgan fingerprint density at radius 2 is 1.96 bits per heavy atom. The molecule has 0 atom stereocenters. The summed E-state index contributed by atoms with van der Waals surface area (Å²) in [6.07, 6.45) is 4.20. The van der Waals surface area contributed by atoms with Crippen LogP contribution in [0.2, 0.25) is 0 Å². The monoisotopic (exact) mass is 337 g/mol. The van der Waals surface area contributed by atoms with E-state index in [1.165, 1.54) is 12.3 Å². The third-order valence-electron chi connectivity index (χ3n) is 3.72. The molecule has 1 N–H and O–H groups in total. The predicted octanol–water partition coefficient (Wildman–Crippen LogP) is 2.73. The van der Waals surface area contributed by atoms with Crippen molar-refractivity contribution in [3.63, 3.8) is 0 Å². The molecule has 0 radical (unpaired) electrons. The van der Waals surface area contributed by atoms with E-state index in [9.17, 15) is 9.18 Å². The number of pyridine rings is 1. The van der Waals surface area contributed by atoms with E-state index in [0.717, 1.165) is 17.6 Å². The molecule has 7 nitrogen and oxygen atoms in total. The second kappa shape index (κ2) is 5.82. The van der Waals surface area contributed by atoms with Crippen molar-refractivity contribution in [1.82, 2.24) is 24.7 Å². The first-order valence-corrected chi connectivity index (χ1v) is 7.44. The van der Waals surface area contributed by atoms with Gasteiger partial charge in [0.15, 0.2) is 0 Å². The number of hydrogen-bond acceptors (Lipinski definition) is 5. The van der Waals surface area contributed by atoms with Crippen LogP contribution in [-0.4, -0.2) is 24.7 Å². The molecule has 0 unspecified atom stereocenters. The van der Waals surface area contributed by atoms with Crippen LogP contribution in [0.5, 0.6) is 0 Å². The Bertz CT molecular complexity index is 1090. The topological polar surface area (TPSA) is 89.6 Å². The number of benzene rings is 1. The number of hydrogen-bond donors (Lipinski definition) is 1. The van der Waals surface area contributed by atoms with Gasteiger partial charge in [0.05, 0.1) is 17.4 Å². The Kier molecular flexibility index (Phi) is 3.50. The number of nitrogens with zero attached hydrogens (tertiary/aromatic N) is 4. The molecular weight excluding hydrogens is 325 g/mol. The summed E-state index contributed by atoms with van der Waals surface area (Å²) < 4.78 is 20.0. The zero-order valence-corrected chi connectivity index (χ0v) is 13.1. The van der Waals surface area contributed by atoms with E-state index in [0.29, 0.717) is 17.0 Å². The van der Waals surface area contributed by atoms with Gasteiger partial charge in [0.25, 0.3) is 5.89 Å². The number of imidazole rings is 1. The van der Waals surface area contributed by atoms with Crippen molar-refractivity contribution in [3.8, 4) is 28.5 Å². The summed E-state index contributed by atoms with van der Waals surface area (Å²) in [4.78, 5) is 22.5. The van der Waals surface area contributed by atoms with Crippen molar-refractivity contribution in [2.75, 3.05) is 0 Å². The maximum absolute atomic E-state index is 13.2. The van der Waals surface area contributed by atoms with Gasteiger partial charge in [-0.2, -0.15) is 4.98 Å². The van der Waals surface area contributed by atoms with Crippen LogP contribution < -0.4 is 5.69 Å². The van der Waals surface area contributed by atoms with Gasteiger partial charge in [-0.15, -0.1) is 0 Å². The standard InChI is InChI=1S/C17H12FN5O2/c1-10-7-20-17(24)23(10)14-4-2-11(3-5-14)15-21-16(25-22-15)12-6-13(18)9-19-8-12/h2-9H,1H3,(H,20,24). The highest BCUT2D eigenvalue weighted by Gasteiger charge is 2.12. The van der Waals surface area contributed by atoms with Crippen molar-refractivity contribution < 1.29 is 8.91 Å². The second-order valence-corrected chi connectivity index (χ2v) is 5.43. The van der Waals surface area contributed by atoms with Gasteiger partial charge >= 0.3 is 5.69 Å². The molecule has 4 rings (SSSR count). The molecule has 3 aromatic heterocycles. The number of nitrogens with one attached hydrogen (secondary N) is 1. The lowest BCUT2D eigenvalue weighted by Crippen LogP contribution is -2.15. The van der Waals surface area contributed by atoms with Crippen LogP contribution in [-0.2, 0) is 0 Å². The Morgan fingerprint density at radius 3 is 2.64 bits per heavy atom. The second-order valence-electron chi connectivity index (χ2n) is 5.43. The Hall–Kier alpha value is -3.55. The van der Waals surface area contributed by atoms with E-state index < -0.39 is 5.82 Å². The van der Waals surface area contributed by atoms with E-state index in [1.807, 2.05) is 6.92 Å². The normalized spacial score (nSPS) is 11.0. The lowest BCUT2D eigenvalue weighted by Gasteiger charge is -2.04. The number of halogens is 1. The highest BCUT2D eigenvalue weighted by atomic mass is 19.1. The third kappa shape index (κ3) is 2.74. The maximum atomic E-state index is 13.2. The van der Waals surface area contributed by atoms with E-state index in [2.05, 4.69) is 20.1 Å². The number of aromatic nitrogens is 5. The molecule has 0 spiro atoms. The summed E-state index contributed by atoms with van der Waals surface area (Å²) in [5.74, 6) is 0.0710. The van der Waals surface area contributed by atoms with Crippen LogP contribution in [0.1, 0.15) is 5.69 Å². The van der Waals surface area contributed by atoms with Gasteiger partial charge in [0.2, 0.25) is 5.82 Å². The summed E-state index contributed by atoms with van der Waals surface area (Å²) in [5.41, 5.74) is 2.45. The number of H-pyrrole nitrogens is 1. The van der Waals surface area contributed by atoms with Gasteiger partial charge in [0, 0.05) is 23.7 Å². The fourth-order valence-electron chi connectivity index (χ4n) is 2.52. The van der Waals surface area contributed by atoms with Gasteiger partial charge in [-0.05, 0) is 37.3 Å². The van der Waals surface area contributed by atoms with Crippen molar-refractivity contribution in [3.05, 3.63) is 70.9 Å². The molecule has 3 heterocycles. The van der Waals surface area contributed by atoms with Crippen molar-refractivity contribution in [2.45, 2.75) is 6.92 Å². The van der Waals surface area contributed by atoms with Crippen LogP contribution in [0.15, 0.2) is 58.2 Å². The fourth-order valence-corrected chi connectivity index (χ4v) is 2.52. The van der Waals surface area contributed by atoms with E-state index >= 15 is 0 Å². The average Bonchev–Trinajstić information content (AvgIpc) is 3.23. The average molecular weight is 337 g/mol. The van der Waals surface area contributed by atoms with Gasteiger partial charge in [0.1, 0.15) is 5.82 Å². The lowest BCUT2D eigenvalue weighted by molar-refractivity contribution is 0.432. The molecular formula is C17H12FN5O2. The maximum Gasteiger partial charge on any atom is 0.330 e. The molecule has 0 saturated carbocycles. The van der Waals surface area contributed by atoms with Crippen LogP contribution in [0, 0.1) is 12.7 Å². The summed E-state index contributed by atoms with van der Waals surface area (Å²) in [6.45, 7) is 1.84. The van der Waals surface area contributed by atoms with Gasteiger partial charge in [-0.25, -0.2) is 9.18 Å². The predicted molar refractivity (Wildman–Crippen MR) is 87.6 cm³/mol. The Balaban J connectivity index is 1.66. The van der Waals surface area contributed by atoms with E-state index in [-0.39, 0.29) is 11.6 Å². The summed E-state index contributed by atoms with van der Waals surface area (Å²) in [7, 11) is 0. The molecule has 25 heavy (non-hydrogen) atoms. The lowest BCUT2D eigenvalue weighted by atomic mass is 10.2. The van der Waals surface area contributed by atoms with E-state index in [4.69, 9.17) is 4.52 Å². The number of rotatable bonds is 3. The number of aromatic amines is 1. The highest BCUT2D eigenvalue weighted by Crippen LogP contribution is 2.23. The van der Waals surface area contributed by atoms with Crippen LogP contribution in [0.25, 0.3) is 28.5 Å². The first-order valence-electron chi connectivity index (χ1n) is 7.44. The molecule has 0 fully saturated rings. The Labute approximate surface area is 140 Å². The Morgan fingerprint density at radius 1 is 1.16 bits per heavy atom. The first-order chi connectivity index (χ1) is 12.1. The largest absolute Gasteiger partial charge is 0.334 e. The van der Waals surface area contributed by atoms with Gasteiger partial charge in [-0.1, -0.05) is 5.16 Å². The van der Waals surface area contributed by atoms with Crippen molar-refractivity contribution in [2.24, 2.45) is 0 Å². The highest BCUT2D eigenvalue weighted by molar-refractivity contribution is 5.60. The minimum absolute atomic E-state index is 0.184. The van der Waals surface area contributed by atoms with Crippen LogP contribution >= 0.6 is 0 Å². The summed E-state index contributed by atoms with van der Waals surface area (Å²) in [5, 5.41) is 3.91. The minimum atomic E-state index is -0.478. The SMILES string of the molecule is Cc1c[nH]c(=O)n1-c1ccc(-c2noc(-c3cncc(F)c3)n2)cc1. The first kappa shape index (κ1) is 15.0. The number of aryl methyl sites for hydroxylation is 1. The smallest absolute Gasteiger partial charge is 0.330 e. The molecule has 1 aromatic carbocycles. The zero-order valence-electron chi connectivity index (χ0n) is 13.1. The van der Waals surface area contributed by atoms with Gasteiger partial charge < -0.3 is 9.51 Å². The summed E-state index contributed by atoms with van der Waals surface area (Å²) in [6, 6.07) is 8.42. The molecule has 4 aromatic rings. The molecule has 0 saturated heterocycles. The molecule has 0 aliphatic heterocycles. The van der Waals surface area contributed by atoms with Crippen molar-refractivity contribution >= 4 is 0 Å². The van der Waals surface area contributed by atoms with E-state index in [1.54, 1.807) is 35.0 Å². The summed E-state index contributed by atoms with van der Waals surface area (Å²) >= 11 is 0. The quantitative estimate of drug-likeness (QED) is 0.621. The van der Waals surface area contributed by atoms with Crippen LogP contribution in [0.4, 0.5) is 4.39 Å².